The first-order chi connectivity index (χ1) is 13.5. The molecule has 1 aromatic heterocycles. The number of H-pyrrole nitrogens is 1. The molecule has 142 valence electrons. The number of aromatic nitrogens is 1. The number of non-ortho nitro benzene ring substituents is 1. The molecule has 1 aliphatic rings. The number of amides is 2. The van der Waals surface area contributed by atoms with Crippen molar-refractivity contribution in [3.63, 3.8) is 0 Å². The van der Waals surface area contributed by atoms with Crippen LogP contribution >= 0.6 is 0 Å². The molecule has 4 rings (SSSR count). The summed E-state index contributed by atoms with van der Waals surface area (Å²) < 4.78 is 0. The number of nitrogens with one attached hydrogen (secondary N) is 2. The van der Waals surface area contributed by atoms with Crippen LogP contribution in [0.1, 0.15) is 12.0 Å². The Kier molecular flexibility index (Phi) is 4.62. The highest BCUT2D eigenvalue weighted by atomic mass is 16.6. The molecule has 0 radical (unpaired) electrons. The number of nitrogens with zero attached hydrogens (tertiary/aromatic N) is 2. The molecular formula is C20H18N4O4. The average Bonchev–Trinajstić information content (AvgIpc) is 3.23. The van der Waals surface area contributed by atoms with Crippen LogP contribution in [0.4, 0.5) is 11.4 Å². The van der Waals surface area contributed by atoms with E-state index in [1.807, 2.05) is 30.5 Å². The summed E-state index contributed by atoms with van der Waals surface area (Å²) in [7, 11) is 0. The lowest BCUT2D eigenvalue weighted by atomic mass is 10.1. The zero-order valence-corrected chi connectivity index (χ0v) is 14.9. The number of carbonyl (C=O) groups is 2. The van der Waals surface area contributed by atoms with Crippen LogP contribution in [-0.2, 0) is 16.0 Å². The average molecular weight is 378 g/mol. The molecule has 28 heavy (non-hydrogen) atoms. The van der Waals surface area contributed by atoms with Crippen molar-refractivity contribution in [1.29, 1.82) is 0 Å². The first-order valence-electron chi connectivity index (χ1n) is 8.94. The van der Waals surface area contributed by atoms with Crippen molar-refractivity contribution in [2.24, 2.45) is 0 Å². The fraction of sp³-hybridized carbons (Fsp3) is 0.200. The highest BCUT2D eigenvalue weighted by Gasteiger charge is 2.39. The second-order valence-corrected chi connectivity index (χ2v) is 6.66. The maximum absolute atomic E-state index is 12.6. The van der Waals surface area contributed by atoms with E-state index in [1.165, 1.54) is 24.3 Å². The monoisotopic (exact) mass is 378 g/mol. The van der Waals surface area contributed by atoms with E-state index in [4.69, 9.17) is 0 Å². The van der Waals surface area contributed by atoms with Crippen molar-refractivity contribution in [1.82, 2.24) is 10.3 Å². The van der Waals surface area contributed by atoms with Gasteiger partial charge in [-0.05, 0) is 30.2 Å². The van der Waals surface area contributed by atoms with Gasteiger partial charge in [-0.3, -0.25) is 19.7 Å². The van der Waals surface area contributed by atoms with E-state index in [0.29, 0.717) is 12.2 Å². The molecule has 0 saturated carbocycles. The zero-order chi connectivity index (χ0) is 19.7. The van der Waals surface area contributed by atoms with Gasteiger partial charge < -0.3 is 10.3 Å². The third kappa shape index (κ3) is 3.25. The molecule has 2 heterocycles. The fourth-order valence-electron chi connectivity index (χ4n) is 3.51. The number of rotatable bonds is 6. The molecule has 8 nitrogen and oxygen atoms in total. The van der Waals surface area contributed by atoms with Crippen LogP contribution in [-0.4, -0.2) is 34.3 Å². The molecule has 2 amide bonds. The normalized spacial score (nSPS) is 16.9. The van der Waals surface area contributed by atoms with E-state index in [0.717, 1.165) is 27.8 Å². The molecule has 2 N–H and O–H groups in total. The topological polar surface area (TPSA) is 108 Å². The van der Waals surface area contributed by atoms with E-state index < -0.39 is 11.0 Å². The van der Waals surface area contributed by atoms with Crippen molar-refractivity contribution >= 4 is 34.1 Å². The number of carbonyl (C=O) groups excluding carboxylic acids is 2. The van der Waals surface area contributed by atoms with Gasteiger partial charge >= 0.3 is 0 Å². The molecule has 0 aliphatic carbocycles. The maximum Gasteiger partial charge on any atom is 0.269 e. The lowest BCUT2D eigenvalue weighted by Gasteiger charge is -2.15. The largest absolute Gasteiger partial charge is 0.361 e. The van der Waals surface area contributed by atoms with Crippen LogP contribution < -0.4 is 10.2 Å². The number of hydrogen-bond donors (Lipinski definition) is 2. The summed E-state index contributed by atoms with van der Waals surface area (Å²) in [6.45, 7) is 0.555. The van der Waals surface area contributed by atoms with Gasteiger partial charge in [0.25, 0.3) is 11.6 Å². The standard InChI is InChI=1S/C20H18N4O4/c25-19-11-18(20(26)23(19)14-5-7-15(8-6-14)24(27)28)21-10-9-13-12-22-17-4-2-1-3-16(13)17/h1-8,12,18,21-22H,9-11H2. The molecule has 1 fully saturated rings. The van der Waals surface area contributed by atoms with Crippen molar-refractivity contribution in [3.05, 3.63) is 70.4 Å². The first kappa shape index (κ1) is 17.9. The number of para-hydroxylation sites is 1. The van der Waals surface area contributed by atoms with Crippen molar-refractivity contribution in [2.75, 3.05) is 11.4 Å². The molecule has 1 unspecified atom stereocenters. The van der Waals surface area contributed by atoms with Crippen molar-refractivity contribution < 1.29 is 14.5 Å². The number of nitro benzene ring substituents is 1. The van der Waals surface area contributed by atoms with Gasteiger partial charge in [0.1, 0.15) is 0 Å². The molecule has 0 spiro atoms. The summed E-state index contributed by atoms with van der Waals surface area (Å²) >= 11 is 0. The van der Waals surface area contributed by atoms with E-state index in [-0.39, 0.29) is 23.9 Å². The Morgan fingerprint density at radius 3 is 2.64 bits per heavy atom. The van der Waals surface area contributed by atoms with Gasteiger partial charge in [-0.15, -0.1) is 0 Å². The molecule has 3 aromatic rings. The zero-order valence-electron chi connectivity index (χ0n) is 14.9. The van der Waals surface area contributed by atoms with E-state index >= 15 is 0 Å². The third-order valence-electron chi connectivity index (χ3n) is 4.93. The summed E-state index contributed by atoms with van der Waals surface area (Å²) in [5.74, 6) is -0.652. The predicted octanol–water partition coefficient (Wildman–Crippen LogP) is 2.54. The van der Waals surface area contributed by atoms with Crippen LogP contribution in [0.25, 0.3) is 10.9 Å². The second kappa shape index (κ2) is 7.24. The number of aromatic amines is 1. The second-order valence-electron chi connectivity index (χ2n) is 6.66. The summed E-state index contributed by atoms with van der Waals surface area (Å²) in [5.41, 5.74) is 2.47. The minimum Gasteiger partial charge on any atom is -0.361 e. The van der Waals surface area contributed by atoms with Crippen LogP contribution in [0.15, 0.2) is 54.7 Å². The molecule has 8 heteroatoms. The van der Waals surface area contributed by atoms with E-state index in [9.17, 15) is 19.7 Å². The highest BCUT2D eigenvalue weighted by molar-refractivity contribution is 6.22. The Balaban J connectivity index is 1.40. The number of hydrogen-bond acceptors (Lipinski definition) is 5. The highest BCUT2D eigenvalue weighted by Crippen LogP contribution is 2.25. The molecule has 1 saturated heterocycles. The maximum atomic E-state index is 12.6. The Labute approximate surface area is 160 Å². The van der Waals surface area contributed by atoms with Crippen LogP contribution in [0.5, 0.6) is 0 Å². The first-order valence-corrected chi connectivity index (χ1v) is 8.94. The number of imide groups is 1. The molecule has 1 aliphatic heterocycles. The van der Waals surface area contributed by atoms with Crippen molar-refractivity contribution in [2.45, 2.75) is 18.9 Å². The van der Waals surface area contributed by atoms with Gasteiger partial charge in [0.15, 0.2) is 0 Å². The number of fused-ring (bicyclic) bond motifs is 1. The lowest BCUT2D eigenvalue weighted by Crippen LogP contribution is -2.39. The number of benzene rings is 2. The lowest BCUT2D eigenvalue weighted by molar-refractivity contribution is -0.384. The SMILES string of the molecule is O=C1CC(NCCc2c[nH]c3ccccc23)C(=O)N1c1ccc([N+](=O)[O-])cc1. The number of nitro groups is 1. The number of anilines is 1. The molecule has 0 bridgehead atoms. The van der Waals surface area contributed by atoms with Crippen LogP contribution in [0.3, 0.4) is 0 Å². The third-order valence-corrected chi connectivity index (χ3v) is 4.93. The summed E-state index contributed by atoms with van der Waals surface area (Å²) in [6, 6.07) is 12.8. The summed E-state index contributed by atoms with van der Waals surface area (Å²) in [5, 5.41) is 15.1. The quantitative estimate of drug-likeness (QED) is 0.389. The van der Waals surface area contributed by atoms with Gasteiger partial charge in [-0.1, -0.05) is 18.2 Å². The van der Waals surface area contributed by atoms with E-state index in [2.05, 4.69) is 10.3 Å². The summed E-state index contributed by atoms with van der Waals surface area (Å²) in [4.78, 5) is 39.5. The smallest absolute Gasteiger partial charge is 0.269 e. The van der Waals surface area contributed by atoms with Crippen molar-refractivity contribution in [3.8, 4) is 0 Å². The molecular weight excluding hydrogens is 360 g/mol. The van der Waals surface area contributed by atoms with Gasteiger partial charge in [-0.2, -0.15) is 0 Å². The molecule has 1 atom stereocenters. The van der Waals surface area contributed by atoms with Gasteiger partial charge in [0.05, 0.1) is 23.1 Å². The minimum absolute atomic E-state index is 0.0731. The van der Waals surface area contributed by atoms with Crippen LogP contribution in [0, 0.1) is 10.1 Å². The minimum atomic E-state index is -0.590. The van der Waals surface area contributed by atoms with Gasteiger partial charge in [-0.25, -0.2) is 4.90 Å². The molecule has 2 aromatic carbocycles. The predicted molar refractivity (Wildman–Crippen MR) is 104 cm³/mol. The Morgan fingerprint density at radius 2 is 1.89 bits per heavy atom. The summed E-state index contributed by atoms with van der Waals surface area (Å²) in [6.07, 6.45) is 2.75. The Bertz CT molecular complexity index is 1060. The fourth-order valence-corrected chi connectivity index (χ4v) is 3.51. The van der Waals surface area contributed by atoms with Crippen LogP contribution in [0.2, 0.25) is 0 Å². The van der Waals surface area contributed by atoms with E-state index in [1.54, 1.807) is 0 Å². The Morgan fingerprint density at radius 1 is 1.14 bits per heavy atom. The Hall–Kier alpha value is -3.52. The van der Waals surface area contributed by atoms with Gasteiger partial charge in [0, 0.05) is 35.8 Å². The van der Waals surface area contributed by atoms with Gasteiger partial charge in [0.2, 0.25) is 5.91 Å².